The van der Waals surface area contributed by atoms with Crippen LogP contribution in [0.4, 0.5) is 5.69 Å². The van der Waals surface area contributed by atoms with Crippen molar-refractivity contribution in [2.75, 3.05) is 5.32 Å². The van der Waals surface area contributed by atoms with Crippen LogP contribution in [0.15, 0.2) is 24.3 Å². The van der Waals surface area contributed by atoms with Crippen molar-refractivity contribution in [3.05, 3.63) is 29.8 Å². The summed E-state index contributed by atoms with van der Waals surface area (Å²) in [5.41, 5.74) is 0.490. The Morgan fingerprint density at radius 2 is 1.76 bits per heavy atom. The maximum absolute atomic E-state index is 11.8. The van der Waals surface area contributed by atoms with Gasteiger partial charge in [-0.3, -0.25) is 9.68 Å². The van der Waals surface area contributed by atoms with Crippen LogP contribution in [0.3, 0.4) is 0 Å². The molecule has 1 aromatic carbocycles. The van der Waals surface area contributed by atoms with Gasteiger partial charge in [-0.2, -0.15) is 5.26 Å². The predicted octanol–water partition coefficient (Wildman–Crippen LogP) is 4.01. The molecule has 0 fully saturated rings. The molecule has 2 N–H and O–H groups in total. The highest BCUT2D eigenvalue weighted by Crippen LogP contribution is 2.16. The van der Waals surface area contributed by atoms with Crippen molar-refractivity contribution >= 4 is 17.6 Å². The Balaban J connectivity index is 2.39. The molecule has 1 rings (SSSR count). The molecule has 0 aliphatic carbocycles. The highest BCUT2D eigenvalue weighted by Gasteiger charge is 2.14. The van der Waals surface area contributed by atoms with Crippen molar-refractivity contribution in [1.82, 2.24) is 0 Å². The van der Waals surface area contributed by atoms with Gasteiger partial charge in [-0.15, -0.1) is 0 Å². The Labute approximate surface area is 125 Å². The summed E-state index contributed by atoms with van der Waals surface area (Å²) in [5.74, 6) is -1.02. The van der Waals surface area contributed by atoms with E-state index in [1.807, 2.05) is 0 Å². The number of para-hydroxylation sites is 1. The molecule has 0 radical (unpaired) electrons. The number of anilines is 1. The first kappa shape index (κ1) is 17.2. The van der Waals surface area contributed by atoms with Gasteiger partial charge >= 0.3 is 5.97 Å². The van der Waals surface area contributed by atoms with Crippen LogP contribution < -0.4 is 5.32 Å². The number of benzene rings is 1. The van der Waals surface area contributed by atoms with E-state index in [0.717, 1.165) is 19.3 Å². The van der Waals surface area contributed by atoms with Crippen LogP contribution in [0.1, 0.15) is 62.2 Å². The van der Waals surface area contributed by atoms with Crippen molar-refractivity contribution in [2.45, 2.75) is 51.9 Å². The van der Waals surface area contributed by atoms with Crippen molar-refractivity contribution in [3.8, 4) is 0 Å². The minimum atomic E-state index is -0.884. The number of hydrogen-bond acceptors (Lipinski definition) is 4. The lowest BCUT2D eigenvalue weighted by atomic mass is 10.1. The standard InChI is InChI=1S/C16H23NO4/c1-2-3-4-5-6-7-12-15(18)17-14-11-9-8-10-13(14)16(19)21-20/h8-11,20H,2-7,12H2,1H3,(H,17,18). The number of hydrogen-bond donors (Lipinski definition) is 2. The quantitative estimate of drug-likeness (QED) is 0.410. The summed E-state index contributed by atoms with van der Waals surface area (Å²) in [6, 6.07) is 6.43. The summed E-state index contributed by atoms with van der Waals surface area (Å²) < 4.78 is 0. The van der Waals surface area contributed by atoms with Gasteiger partial charge < -0.3 is 5.32 Å². The van der Waals surface area contributed by atoms with E-state index in [0.29, 0.717) is 12.1 Å². The summed E-state index contributed by atoms with van der Waals surface area (Å²) in [7, 11) is 0. The molecule has 0 unspecified atom stereocenters. The first-order chi connectivity index (χ1) is 10.2. The summed E-state index contributed by atoms with van der Waals surface area (Å²) in [5, 5.41) is 11.1. The maximum atomic E-state index is 11.8. The van der Waals surface area contributed by atoms with Crippen molar-refractivity contribution in [1.29, 1.82) is 0 Å². The second kappa shape index (κ2) is 9.94. The molecule has 0 aliphatic rings. The molecular formula is C16H23NO4. The molecule has 0 saturated carbocycles. The Bertz CT molecular complexity index is 459. The largest absolute Gasteiger partial charge is 0.374 e. The zero-order valence-electron chi connectivity index (χ0n) is 12.4. The molecule has 1 amide bonds. The first-order valence-corrected chi connectivity index (χ1v) is 7.43. The average molecular weight is 293 g/mol. The first-order valence-electron chi connectivity index (χ1n) is 7.43. The van der Waals surface area contributed by atoms with Crippen LogP contribution in [0.25, 0.3) is 0 Å². The van der Waals surface area contributed by atoms with E-state index in [-0.39, 0.29) is 11.5 Å². The fourth-order valence-corrected chi connectivity index (χ4v) is 2.10. The van der Waals surface area contributed by atoms with E-state index >= 15 is 0 Å². The summed E-state index contributed by atoms with van der Waals surface area (Å²) >= 11 is 0. The van der Waals surface area contributed by atoms with Crippen LogP contribution in [-0.4, -0.2) is 17.1 Å². The second-order valence-corrected chi connectivity index (χ2v) is 4.99. The van der Waals surface area contributed by atoms with Gasteiger partial charge in [0, 0.05) is 6.42 Å². The summed E-state index contributed by atoms with van der Waals surface area (Å²) in [4.78, 5) is 26.9. The van der Waals surface area contributed by atoms with Gasteiger partial charge in [0.1, 0.15) is 0 Å². The van der Waals surface area contributed by atoms with Gasteiger partial charge in [0.25, 0.3) is 0 Å². The SMILES string of the molecule is CCCCCCCCC(=O)Nc1ccccc1C(=O)OO. The van der Waals surface area contributed by atoms with E-state index in [1.165, 1.54) is 25.3 Å². The van der Waals surface area contributed by atoms with E-state index < -0.39 is 5.97 Å². The van der Waals surface area contributed by atoms with Crippen LogP contribution in [0.5, 0.6) is 0 Å². The average Bonchev–Trinajstić information content (AvgIpc) is 2.50. The third-order valence-corrected chi connectivity index (χ3v) is 3.26. The van der Waals surface area contributed by atoms with Crippen LogP contribution >= 0.6 is 0 Å². The Hall–Kier alpha value is -1.88. The molecule has 0 saturated heterocycles. The summed E-state index contributed by atoms with van der Waals surface area (Å²) in [6.07, 6.45) is 7.10. The third-order valence-electron chi connectivity index (χ3n) is 3.26. The van der Waals surface area contributed by atoms with Gasteiger partial charge in [0.2, 0.25) is 5.91 Å². The number of unbranched alkanes of at least 4 members (excludes halogenated alkanes) is 5. The van der Waals surface area contributed by atoms with Crippen molar-refractivity contribution in [2.24, 2.45) is 0 Å². The number of amides is 1. The van der Waals surface area contributed by atoms with Crippen molar-refractivity contribution < 1.29 is 19.7 Å². The number of nitrogens with one attached hydrogen (secondary N) is 1. The Morgan fingerprint density at radius 1 is 1.10 bits per heavy atom. The highest BCUT2D eigenvalue weighted by atomic mass is 17.1. The smallest absolute Gasteiger partial charge is 0.325 e. The fourth-order valence-electron chi connectivity index (χ4n) is 2.10. The van der Waals surface area contributed by atoms with Crippen LogP contribution in [-0.2, 0) is 9.68 Å². The molecule has 5 nitrogen and oxygen atoms in total. The lowest BCUT2D eigenvalue weighted by Crippen LogP contribution is -2.14. The highest BCUT2D eigenvalue weighted by molar-refractivity contribution is 6.00. The van der Waals surface area contributed by atoms with Crippen LogP contribution in [0, 0.1) is 0 Å². The normalized spacial score (nSPS) is 10.2. The molecule has 21 heavy (non-hydrogen) atoms. The second-order valence-electron chi connectivity index (χ2n) is 4.99. The number of carbonyl (C=O) groups excluding carboxylic acids is 2. The zero-order chi connectivity index (χ0) is 15.5. The zero-order valence-corrected chi connectivity index (χ0v) is 12.4. The number of carbonyl (C=O) groups is 2. The molecule has 1 aromatic rings. The molecule has 0 bridgehead atoms. The van der Waals surface area contributed by atoms with E-state index in [9.17, 15) is 9.59 Å². The molecular weight excluding hydrogens is 270 g/mol. The molecule has 0 heterocycles. The maximum Gasteiger partial charge on any atom is 0.374 e. The van der Waals surface area contributed by atoms with E-state index in [2.05, 4.69) is 17.1 Å². The van der Waals surface area contributed by atoms with Crippen LogP contribution in [0.2, 0.25) is 0 Å². The molecule has 0 aromatic heterocycles. The van der Waals surface area contributed by atoms with E-state index in [4.69, 9.17) is 5.26 Å². The minimum Gasteiger partial charge on any atom is -0.325 e. The predicted molar refractivity (Wildman–Crippen MR) is 81.1 cm³/mol. The molecule has 0 aliphatic heterocycles. The van der Waals surface area contributed by atoms with Gasteiger partial charge in [-0.25, -0.2) is 4.79 Å². The monoisotopic (exact) mass is 293 g/mol. The van der Waals surface area contributed by atoms with Gasteiger partial charge in [-0.1, -0.05) is 51.2 Å². The Kier molecular flexibility index (Phi) is 8.12. The van der Waals surface area contributed by atoms with Gasteiger partial charge in [0.05, 0.1) is 11.3 Å². The Morgan fingerprint density at radius 3 is 2.48 bits per heavy atom. The molecule has 5 heteroatoms. The molecule has 116 valence electrons. The molecule has 0 atom stereocenters. The number of rotatable bonds is 9. The van der Waals surface area contributed by atoms with Crippen molar-refractivity contribution in [3.63, 3.8) is 0 Å². The third kappa shape index (κ3) is 6.40. The minimum absolute atomic E-state index is 0.135. The fraction of sp³-hybridized carbons (Fsp3) is 0.500. The topological polar surface area (TPSA) is 75.6 Å². The lowest BCUT2D eigenvalue weighted by molar-refractivity contribution is -0.182. The van der Waals surface area contributed by atoms with E-state index in [1.54, 1.807) is 18.2 Å². The van der Waals surface area contributed by atoms with Gasteiger partial charge in [0.15, 0.2) is 0 Å². The van der Waals surface area contributed by atoms with Gasteiger partial charge in [-0.05, 0) is 18.6 Å². The molecule has 0 spiro atoms. The lowest BCUT2D eigenvalue weighted by Gasteiger charge is -2.08. The summed E-state index contributed by atoms with van der Waals surface area (Å²) in [6.45, 7) is 2.17.